The maximum atomic E-state index is 13.8. The topological polar surface area (TPSA) is 75.3 Å². The molecule has 0 radical (unpaired) electrons. The second-order valence-electron chi connectivity index (χ2n) is 7.78. The highest BCUT2D eigenvalue weighted by Gasteiger charge is 2.32. The number of hydrogen-bond acceptors (Lipinski definition) is 5. The molecular formula is C22H22FN3O3S. The molecular weight excluding hydrogens is 405 g/mol. The molecule has 0 spiro atoms. The zero-order chi connectivity index (χ0) is 20.9. The van der Waals surface area contributed by atoms with Crippen LogP contribution in [0.15, 0.2) is 41.3 Å². The molecule has 3 aromatic rings. The van der Waals surface area contributed by atoms with Crippen LogP contribution in [0.25, 0.3) is 17.0 Å². The molecule has 30 heavy (non-hydrogen) atoms. The SMILES string of the molecule is Cc1cc2c(cc1S(=O)(=O)C1CCOCC1)C=CCN2c1n[nH]c2ccc(F)cc12. The van der Waals surface area contributed by atoms with E-state index in [2.05, 4.69) is 10.2 Å². The average molecular weight is 428 g/mol. The molecule has 0 aliphatic carbocycles. The molecule has 3 heterocycles. The number of halogens is 1. The number of aryl methyl sites for hydroxylation is 1. The van der Waals surface area contributed by atoms with Gasteiger partial charge in [-0.1, -0.05) is 12.2 Å². The molecule has 2 aliphatic heterocycles. The quantitative estimate of drug-likeness (QED) is 0.680. The Labute approximate surface area is 174 Å². The molecule has 0 unspecified atom stereocenters. The zero-order valence-corrected chi connectivity index (χ0v) is 17.4. The van der Waals surface area contributed by atoms with E-state index >= 15 is 0 Å². The Balaban J connectivity index is 1.59. The van der Waals surface area contributed by atoms with Gasteiger partial charge in [0.05, 0.1) is 21.3 Å². The van der Waals surface area contributed by atoms with Gasteiger partial charge in [0.25, 0.3) is 0 Å². The van der Waals surface area contributed by atoms with Crippen LogP contribution in [-0.2, 0) is 14.6 Å². The first-order valence-corrected chi connectivity index (χ1v) is 11.5. The first-order chi connectivity index (χ1) is 14.4. The Hall–Kier alpha value is -2.71. The molecule has 1 saturated heterocycles. The zero-order valence-electron chi connectivity index (χ0n) is 16.6. The molecule has 2 aromatic carbocycles. The van der Waals surface area contributed by atoms with E-state index in [0.717, 1.165) is 16.8 Å². The predicted molar refractivity (Wildman–Crippen MR) is 114 cm³/mol. The number of sulfone groups is 1. The van der Waals surface area contributed by atoms with Crippen LogP contribution in [-0.4, -0.2) is 43.6 Å². The summed E-state index contributed by atoms with van der Waals surface area (Å²) < 4.78 is 45.7. The smallest absolute Gasteiger partial charge is 0.181 e. The fraction of sp³-hybridized carbons (Fsp3) is 0.318. The number of anilines is 2. The van der Waals surface area contributed by atoms with Crippen molar-refractivity contribution in [1.29, 1.82) is 0 Å². The van der Waals surface area contributed by atoms with Crippen molar-refractivity contribution < 1.29 is 17.5 Å². The number of ether oxygens (including phenoxy) is 1. The highest BCUT2D eigenvalue weighted by atomic mass is 32.2. The van der Waals surface area contributed by atoms with Crippen molar-refractivity contribution in [3.63, 3.8) is 0 Å². The first kappa shape index (κ1) is 19.3. The number of aromatic nitrogens is 2. The number of rotatable bonds is 3. The number of aromatic amines is 1. The van der Waals surface area contributed by atoms with Crippen molar-refractivity contribution >= 4 is 38.3 Å². The molecule has 0 amide bonds. The summed E-state index contributed by atoms with van der Waals surface area (Å²) in [6.07, 6.45) is 4.93. The van der Waals surface area contributed by atoms with Gasteiger partial charge in [0, 0.05) is 25.1 Å². The fourth-order valence-electron chi connectivity index (χ4n) is 4.29. The monoisotopic (exact) mass is 427 g/mol. The number of benzene rings is 2. The summed E-state index contributed by atoms with van der Waals surface area (Å²) in [6.45, 7) is 3.34. The second kappa shape index (κ2) is 7.21. The maximum Gasteiger partial charge on any atom is 0.181 e. The van der Waals surface area contributed by atoms with Crippen LogP contribution in [0.5, 0.6) is 0 Å². The van der Waals surface area contributed by atoms with Gasteiger partial charge in [-0.15, -0.1) is 0 Å². The van der Waals surface area contributed by atoms with Gasteiger partial charge in [-0.2, -0.15) is 5.10 Å². The van der Waals surface area contributed by atoms with Crippen LogP contribution in [0.3, 0.4) is 0 Å². The summed E-state index contributed by atoms with van der Waals surface area (Å²) >= 11 is 0. The Morgan fingerprint density at radius 2 is 2.00 bits per heavy atom. The predicted octanol–water partition coefficient (Wildman–Crippen LogP) is 4.13. The van der Waals surface area contributed by atoms with Gasteiger partial charge in [-0.3, -0.25) is 5.10 Å². The Morgan fingerprint density at radius 1 is 1.20 bits per heavy atom. The molecule has 5 rings (SSSR count). The molecule has 6 nitrogen and oxygen atoms in total. The van der Waals surface area contributed by atoms with E-state index in [1.165, 1.54) is 12.1 Å². The lowest BCUT2D eigenvalue weighted by atomic mass is 10.0. The van der Waals surface area contributed by atoms with Crippen molar-refractivity contribution in [3.05, 3.63) is 53.4 Å². The largest absolute Gasteiger partial charge is 0.381 e. The molecule has 0 bridgehead atoms. The molecule has 1 fully saturated rings. The van der Waals surface area contributed by atoms with Gasteiger partial charge in [-0.05, 0) is 61.2 Å². The van der Waals surface area contributed by atoms with Crippen molar-refractivity contribution in [2.24, 2.45) is 0 Å². The minimum atomic E-state index is -3.44. The van der Waals surface area contributed by atoms with E-state index in [-0.39, 0.29) is 5.82 Å². The van der Waals surface area contributed by atoms with Crippen molar-refractivity contribution in [2.45, 2.75) is 29.9 Å². The number of nitrogens with zero attached hydrogens (tertiary/aromatic N) is 2. The van der Waals surface area contributed by atoms with Gasteiger partial charge >= 0.3 is 0 Å². The average Bonchev–Trinajstić information content (AvgIpc) is 3.16. The first-order valence-electron chi connectivity index (χ1n) is 9.99. The minimum absolute atomic E-state index is 0.327. The molecule has 156 valence electrons. The Morgan fingerprint density at radius 3 is 2.80 bits per heavy atom. The molecule has 8 heteroatoms. The summed E-state index contributed by atoms with van der Waals surface area (Å²) in [5, 5.41) is 7.62. The van der Waals surface area contributed by atoms with Crippen LogP contribution in [0, 0.1) is 12.7 Å². The van der Waals surface area contributed by atoms with Gasteiger partial charge in [0.15, 0.2) is 15.7 Å². The molecule has 1 N–H and O–H groups in total. The third-order valence-corrected chi connectivity index (χ3v) is 8.28. The minimum Gasteiger partial charge on any atom is -0.381 e. The summed E-state index contributed by atoms with van der Waals surface area (Å²) in [6, 6.07) is 8.17. The molecule has 2 aliphatic rings. The van der Waals surface area contributed by atoms with E-state index in [0.29, 0.717) is 54.3 Å². The van der Waals surface area contributed by atoms with Crippen LogP contribution in [0.1, 0.15) is 24.0 Å². The molecule has 0 saturated carbocycles. The van der Waals surface area contributed by atoms with E-state index in [9.17, 15) is 12.8 Å². The standard InChI is InChI=1S/C22H22FN3O3S/c1-14-11-20-15(12-21(14)30(27,28)17-6-9-29-10-7-17)3-2-8-26(20)22-18-13-16(23)4-5-19(18)24-25-22/h2-5,11-13,17H,6-10H2,1H3,(H,24,25). The summed E-state index contributed by atoms with van der Waals surface area (Å²) in [5.41, 5.74) is 3.12. The third-order valence-electron chi connectivity index (χ3n) is 5.87. The summed E-state index contributed by atoms with van der Waals surface area (Å²) in [7, 11) is -3.44. The van der Waals surface area contributed by atoms with Crippen LogP contribution in [0.4, 0.5) is 15.9 Å². The molecule has 0 atom stereocenters. The number of H-pyrrole nitrogens is 1. The van der Waals surface area contributed by atoms with Crippen LogP contribution in [0.2, 0.25) is 0 Å². The van der Waals surface area contributed by atoms with E-state index in [4.69, 9.17) is 4.74 Å². The number of hydrogen-bond donors (Lipinski definition) is 1. The Kier molecular flexibility index (Phi) is 4.63. The van der Waals surface area contributed by atoms with Crippen LogP contribution >= 0.6 is 0 Å². The number of fused-ring (bicyclic) bond motifs is 2. The maximum absolute atomic E-state index is 13.8. The highest BCUT2D eigenvalue weighted by molar-refractivity contribution is 7.92. The van der Waals surface area contributed by atoms with E-state index < -0.39 is 15.1 Å². The molecule has 1 aromatic heterocycles. The normalized spacial score (nSPS) is 17.5. The number of nitrogens with one attached hydrogen (secondary N) is 1. The van der Waals surface area contributed by atoms with Gasteiger partial charge in [0.2, 0.25) is 0 Å². The lowest BCUT2D eigenvalue weighted by Gasteiger charge is -2.29. The van der Waals surface area contributed by atoms with Gasteiger partial charge in [0.1, 0.15) is 5.82 Å². The van der Waals surface area contributed by atoms with Gasteiger partial charge in [-0.25, -0.2) is 12.8 Å². The van der Waals surface area contributed by atoms with E-state index in [1.807, 2.05) is 30.0 Å². The lowest BCUT2D eigenvalue weighted by molar-refractivity contribution is 0.0983. The lowest BCUT2D eigenvalue weighted by Crippen LogP contribution is -2.29. The summed E-state index contributed by atoms with van der Waals surface area (Å²) in [4.78, 5) is 2.35. The highest BCUT2D eigenvalue weighted by Crippen LogP contribution is 2.38. The van der Waals surface area contributed by atoms with Gasteiger partial charge < -0.3 is 9.64 Å². The Bertz CT molecular complexity index is 1260. The fourth-order valence-corrected chi connectivity index (χ4v) is 6.26. The summed E-state index contributed by atoms with van der Waals surface area (Å²) in [5.74, 6) is 0.293. The van der Waals surface area contributed by atoms with E-state index in [1.54, 1.807) is 12.1 Å². The van der Waals surface area contributed by atoms with Crippen molar-refractivity contribution in [3.8, 4) is 0 Å². The third kappa shape index (κ3) is 3.11. The van der Waals surface area contributed by atoms with Crippen molar-refractivity contribution in [2.75, 3.05) is 24.7 Å². The second-order valence-corrected chi connectivity index (χ2v) is 9.98. The van der Waals surface area contributed by atoms with Crippen LogP contribution < -0.4 is 4.90 Å². The van der Waals surface area contributed by atoms with Crippen molar-refractivity contribution in [1.82, 2.24) is 10.2 Å².